The molecule has 2 aromatic rings. The molecule has 0 fully saturated rings. The molecule has 0 aliphatic carbocycles. The Balaban J connectivity index is 1.62. The van der Waals surface area contributed by atoms with Gasteiger partial charge in [0.15, 0.2) is 0 Å². The van der Waals surface area contributed by atoms with Crippen LogP contribution in [0.3, 0.4) is 0 Å². The normalized spacial score (nSPS) is 16.9. The lowest BCUT2D eigenvalue weighted by atomic mass is 9.96. The standard InChI is InChI=1S/C24H22ClFN2O3/c1-3-31-24(29)19-14-28-13-15(7-10-21(28)27-19)11-17-8-9-20(30-2)22(23(17)26)16-5-4-6-18(25)12-16/h4-10,12-14,21,27H,3,11H2,1-2H3. The van der Waals surface area contributed by atoms with Gasteiger partial charge in [0.2, 0.25) is 0 Å². The summed E-state index contributed by atoms with van der Waals surface area (Å²) >= 11 is 6.11. The molecule has 2 aliphatic heterocycles. The summed E-state index contributed by atoms with van der Waals surface area (Å²) in [4.78, 5) is 13.8. The van der Waals surface area contributed by atoms with Crippen LogP contribution in [0.15, 0.2) is 72.2 Å². The van der Waals surface area contributed by atoms with E-state index in [0.717, 1.165) is 5.57 Å². The summed E-state index contributed by atoms with van der Waals surface area (Å²) < 4.78 is 26.0. The van der Waals surface area contributed by atoms with Gasteiger partial charge in [0.05, 0.1) is 19.3 Å². The summed E-state index contributed by atoms with van der Waals surface area (Å²) in [7, 11) is 1.52. The van der Waals surface area contributed by atoms with Gasteiger partial charge in [0, 0.05) is 23.8 Å². The number of hydrogen-bond acceptors (Lipinski definition) is 5. The Morgan fingerprint density at radius 2 is 2.10 bits per heavy atom. The molecular weight excluding hydrogens is 419 g/mol. The highest BCUT2D eigenvalue weighted by molar-refractivity contribution is 6.30. The van der Waals surface area contributed by atoms with E-state index in [1.54, 1.807) is 49.5 Å². The molecule has 4 rings (SSSR count). The van der Waals surface area contributed by atoms with Crippen molar-refractivity contribution in [1.29, 1.82) is 0 Å². The molecular formula is C24H22ClFN2O3. The molecule has 0 spiro atoms. The van der Waals surface area contributed by atoms with Crippen LogP contribution in [0.25, 0.3) is 11.1 Å². The van der Waals surface area contributed by atoms with E-state index >= 15 is 4.39 Å². The monoisotopic (exact) mass is 440 g/mol. The molecule has 2 aromatic carbocycles. The molecule has 0 aromatic heterocycles. The lowest BCUT2D eigenvalue weighted by Gasteiger charge is -2.24. The number of halogens is 2. The largest absolute Gasteiger partial charge is 0.496 e. The summed E-state index contributed by atoms with van der Waals surface area (Å²) in [6.07, 6.45) is 7.67. The average Bonchev–Trinajstić information content (AvgIpc) is 3.19. The van der Waals surface area contributed by atoms with Crippen molar-refractivity contribution in [2.75, 3.05) is 13.7 Å². The van der Waals surface area contributed by atoms with Gasteiger partial charge >= 0.3 is 5.97 Å². The Kier molecular flexibility index (Phi) is 6.00. The molecule has 160 valence electrons. The lowest BCUT2D eigenvalue weighted by Crippen LogP contribution is -2.34. The minimum Gasteiger partial charge on any atom is -0.496 e. The zero-order chi connectivity index (χ0) is 22.0. The second-order valence-electron chi connectivity index (χ2n) is 7.17. The fourth-order valence-electron chi connectivity index (χ4n) is 3.68. The molecule has 1 N–H and O–H groups in total. The number of esters is 1. The van der Waals surface area contributed by atoms with E-state index in [-0.39, 0.29) is 12.0 Å². The summed E-state index contributed by atoms with van der Waals surface area (Å²) in [5, 5.41) is 3.63. The second kappa shape index (κ2) is 8.86. The minimum absolute atomic E-state index is 0.161. The molecule has 1 atom stereocenters. The number of rotatable bonds is 6. The van der Waals surface area contributed by atoms with Crippen LogP contribution in [-0.4, -0.2) is 30.8 Å². The topological polar surface area (TPSA) is 50.8 Å². The first-order valence-corrected chi connectivity index (χ1v) is 10.3. The number of carbonyl (C=O) groups is 1. The number of ether oxygens (including phenoxy) is 2. The van der Waals surface area contributed by atoms with E-state index in [0.29, 0.717) is 46.2 Å². The summed E-state index contributed by atoms with van der Waals surface area (Å²) in [6.45, 7) is 2.07. The smallest absolute Gasteiger partial charge is 0.355 e. The molecule has 7 heteroatoms. The maximum absolute atomic E-state index is 15.5. The fraction of sp³-hybridized carbons (Fsp3) is 0.208. The molecule has 5 nitrogen and oxygen atoms in total. The summed E-state index contributed by atoms with van der Waals surface area (Å²) in [5.74, 6) is -0.296. The highest BCUT2D eigenvalue weighted by atomic mass is 35.5. The molecule has 2 heterocycles. The highest BCUT2D eigenvalue weighted by Crippen LogP contribution is 2.36. The first-order chi connectivity index (χ1) is 15.0. The minimum atomic E-state index is -0.396. The second-order valence-corrected chi connectivity index (χ2v) is 7.60. The highest BCUT2D eigenvalue weighted by Gasteiger charge is 2.27. The first-order valence-electron chi connectivity index (χ1n) is 9.93. The van der Waals surface area contributed by atoms with Crippen molar-refractivity contribution in [3.8, 4) is 16.9 Å². The number of methoxy groups -OCH3 is 1. The number of benzene rings is 2. The van der Waals surface area contributed by atoms with E-state index in [9.17, 15) is 4.79 Å². The Labute approximate surface area is 185 Å². The van der Waals surface area contributed by atoms with Crippen molar-refractivity contribution >= 4 is 17.6 Å². The predicted octanol–water partition coefficient (Wildman–Crippen LogP) is 4.79. The van der Waals surface area contributed by atoms with Crippen molar-refractivity contribution < 1.29 is 18.7 Å². The van der Waals surface area contributed by atoms with Gasteiger partial charge in [-0.2, -0.15) is 0 Å². The molecule has 0 saturated carbocycles. The van der Waals surface area contributed by atoms with Crippen LogP contribution in [0.4, 0.5) is 4.39 Å². The predicted molar refractivity (Wildman–Crippen MR) is 118 cm³/mol. The molecule has 0 saturated heterocycles. The lowest BCUT2D eigenvalue weighted by molar-refractivity contribution is -0.138. The molecule has 31 heavy (non-hydrogen) atoms. The Hall–Kier alpha value is -3.25. The van der Waals surface area contributed by atoms with Gasteiger partial charge in [-0.1, -0.05) is 35.9 Å². The number of fused-ring (bicyclic) bond motifs is 1. The van der Waals surface area contributed by atoms with Gasteiger partial charge < -0.3 is 19.7 Å². The van der Waals surface area contributed by atoms with Crippen molar-refractivity contribution in [3.05, 3.63) is 88.6 Å². The van der Waals surface area contributed by atoms with Crippen LogP contribution in [0, 0.1) is 5.82 Å². The maximum Gasteiger partial charge on any atom is 0.355 e. The maximum atomic E-state index is 15.5. The van der Waals surface area contributed by atoms with Crippen LogP contribution in [0.2, 0.25) is 5.02 Å². The van der Waals surface area contributed by atoms with Crippen molar-refractivity contribution in [1.82, 2.24) is 10.2 Å². The van der Waals surface area contributed by atoms with Gasteiger partial charge in [0.25, 0.3) is 0 Å². The zero-order valence-electron chi connectivity index (χ0n) is 17.2. The van der Waals surface area contributed by atoms with Crippen molar-refractivity contribution in [2.24, 2.45) is 0 Å². The van der Waals surface area contributed by atoms with Crippen LogP contribution >= 0.6 is 11.6 Å². The third-order valence-corrected chi connectivity index (χ3v) is 5.35. The molecule has 0 amide bonds. The van der Waals surface area contributed by atoms with E-state index in [1.807, 2.05) is 23.3 Å². The Bertz CT molecular complexity index is 1110. The Morgan fingerprint density at radius 1 is 1.26 bits per heavy atom. The third kappa shape index (κ3) is 4.30. The fourth-order valence-corrected chi connectivity index (χ4v) is 3.87. The zero-order valence-corrected chi connectivity index (χ0v) is 17.9. The summed E-state index contributed by atoms with van der Waals surface area (Å²) in [6, 6.07) is 10.5. The Morgan fingerprint density at radius 3 is 2.84 bits per heavy atom. The summed E-state index contributed by atoms with van der Waals surface area (Å²) in [5.41, 5.74) is 2.87. The first kappa shape index (κ1) is 21.0. The average molecular weight is 441 g/mol. The molecule has 2 aliphatic rings. The SMILES string of the molecule is CCOC(=O)C1=CN2C=C(Cc3ccc(OC)c(-c4cccc(Cl)c4)c3F)C=CC2N1. The number of allylic oxidation sites excluding steroid dienone is 2. The molecule has 1 unspecified atom stereocenters. The van der Waals surface area contributed by atoms with Crippen LogP contribution < -0.4 is 10.1 Å². The number of hydrogen-bond donors (Lipinski definition) is 1. The van der Waals surface area contributed by atoms with Crippen LogP contribution in [0.5, 0.6) is 5.75 Å². The van der Waals surface area contributed by atoms with E-state index in [4.69, 9.17) is 21.1 Å². The van der Waals surface area contributed by atoms with Crippen molar-refractivity contribution in [3.63, 3.8) is 0 Å². The number of nitrogens with zero attached hydrogens (tertiary/aromatic N) is 1. The van der Waals surface area contributed by atoms with Crippen molar-refractivity contribution in [2.45, 2.75) is 19.5 Å². The number of carbonyl (C=O) groups excluding carboxylic acids is 1. The molecule has 0 radical (unpaired) electrons. The van der Waals surface area contributed by atoms with Gasteiger partial charge in [-0.3, -0.25) is 0 Å². The van der Waals surface area contributed by atoms with Gasteiger partial charge in [-0.05, 0) is 47.9 Å². The quantitative estimate of drug-likeness (QED) is 0.655. The molecule has 0 bridgehead atoms. The van der Waals surface area contributed by atoms with Gasteiger partial charge in [0.1, 0.15) is 23.4 Å². The van der Waals surface area contributed by atoms with Gasteiger partial charge in [-0.25, -0.2) is 9.18 Å². The van der Waals surface area contributed by atoms with Crippen LogP contribution in [0.1, 0.15) is 12.5 Å². The van der Waals surface area contributed by atoms with E-state index in [2.05, 4.69) is 5.32 Å². The third-order valence-electron chi connectivity index (χ3n) is 5.12. The van der Waals surface area contributed by atoms with Crippen LogP contribution in [-0.2, 0) is 16.0 Å². The van der Waals surface area contributed by atoms with Gasteiger partial charge in [-0.15, -0.1) is 0 Å². The van der Waals surface area contributed by atoms with E-state index < -0.39 is 5.97 Å². The van der Waals surface area contributed by atoms with E-state index in [1.165, 1.54) is 7.11 Å². The number of nitrogens with one attached hydrogen (secondary N) is 1.